The quantitative estimate of drug-likeness (QED) is 0.868. The molecule has 0 spiro atoms. The molecule has 0 radical (unpaired) electrons. The van der Waals surface area contributed by atoms with E-state index >= 15 is 0 Å². The fraction of sp³-hybridized carbons (Fsp3) is 0.125. The van der Waals surface area contributed by atoms with Crippen LogP contribution in [-0.4, -0.2) is 30.3 Å². The van der Waals surface area contributed by atoms with Gasteiger partial charge in [-0.15, -0.1) is 0 Å². The summed E-state index contributed by atoms with van der Waals surface area (Å²) in [6.45, 7) is -0.106. The van der Waals surface area contributed by atoms with Crippen LogP contribution in [-0.2, 0) is 4.79 Å². The predicted octanol–water partition coefficient (Wildman–Crippen LogP) is 4.36. The molecule has 0 heterocycles. The van der Waals surface area contributed by atoms with Crippen LogP contribution in [0, 0.1) is 0 Å². The lowest BCUT2D eigenvalue weighted by Gasteiger charge is -2.17. The Hall–Kier alpha value is -1.75. The minimum atomic E-state index is -0.346. The minimum Gasteiger partial charge on any atom is -0.332 e. The molecule has 0 saturated carbocycles. The molecule has 2 aromatic carbocycles. The molecule has 0 aliphatic rings. The Morgan fingerprint density at radius 3 is 2.43 bits per heavy atom. The summed E-state index contributed by atoms with van der Waals surface area (Å²) in [6, 6.07) is 11.3. The molecule has 4 nitrogen and oxygen atoms in total. The molecule has 2 aromatic rings. The fourth-order valence-electron chi connectivity index (χ4n) is 1.90. The average Bonchev–Trinajstić information content (AvgIpc) is 2.50. The van der Waals surface area contributed by atoms with E-state index in [2.05, 4.69) is 5.32 Å². The normalized spacial score (nSPS) is 10.3. The Kier molecular flexibility index (Phi) is 5.88. The summed E-state index contributed by atoms with van der Waals surface area (Å²) in [5, 5.41) is 3.86. The number of carbonyl (C=O) groups excluding carboxylic acids is 2. The number of hydrogen-bond donors (Lipinski definition) is 1. The third-order valence-corrected chi connectivity index (χ3v) is 3.98. The molecular weight excluding hydrogens is 359 g/mol. The molecule has 0 aromatic heterocycles. The minimum absolute atomic E-state index is 0.106. The van der Waals surface area contributed by atoms with Crippen molar-refractivity contribution in [2.24, 2.45) is 0 Å². The molecule has 0 aliphatic carbocycles. The summed E-state index contributed by atoms with van der Waals surface area (Å²) in [5.41, 5.74) is 0.926. The van der Waals surface area contributed by atoms with Gasteiger partial charge in [0.15, 0.2) is 0 Å². The van der Waals surface area contributed by atoms with Crippen LogP contribution in [0.5, 0.6) is 0 Å². The molecule has 1 N–H and O–H groups in total. The first kappa shape index (κ1) is 17.6. The first-order valence-electron chi connectivity index (χ1n) is 6.63. The van der Waals surface area contributed by atoms with Crippen molar-refractivity contribution in [2.45, 2.75) is 0 Å². The number of benzene rings is 2. The largest absolute Gasteiger partial charge is 0.332 e. The predicted molar refractivity (Wildman–Crippen MR) is 93.5 cm³/mol. The Bertz CT molecular complexity index is 750. The number of rotatable bonds is 4. The summed E-state index contributed by atoms with van der Waals surface area (Å²) >= 11 is 17.6. The molecule has 7 heteroatoms. The van der Waals surface area contributed by atoms with E-state index in [9.17, 15) is 9.59 Å². The van der Waals surface area contributed by atoms with Gasteiger partial charge in [0, 0.05) is 23.3 Å². The molecule has 0 aliphatic heterocycles. The monoisotopic (exact) mass is 370 g/mol. The summed E-state index contributed by atoms with van der Waals surface area (Å²) in [4.78, 5) is 25.6. The number of anilines is 1. The van der Waals surface area contributed by atoms with Gasteiger partial charge in [0.25, 0.3) is 5.91 Å². The lowest BCUT2D eigenvalue weighted by atomic mass is 10.2. The number of amides is 2. The summed E-state index contributed by atoms with van der Waals surface area (Å²) in [5.74, 6) is -0.641. The molecule has 0 bridgehead atoms. The van der Waals surface area contributed by atoms with Gasteiger partial charge in [0.1, 0.15) is 0 Å². The Balaban J connectivity index is 1.99. The maximum Gasteiger partial charge on any atom is 0.254 e. The highest BCUT2D eigenvalue weighted by Crippen LogP contribution is 2.25. The van der Waals surface area contributed by atoms with Gasteiger partial charge in [-0.1, -0.05) is 40.9 Å². The number of likely N-dealkylation sites (N-methyl/N-ethyl adjacent to an activating group) is 1. The molecule has 2 rings (SSSR count). The zero-order chi connectivity index (χ0) is 17.0. The van der Waals surface area contributed by atoms with E-state index < -0.39 is 0 Å². The maximum atomic E-state index is 12.2. The van der Waals surface area contributed by atoms with Crippen LogP contribution >= 0.6 is 34.8 Å². The third kappa shape index (κ3) is 4.86. The third-order valence-electron chi connectivity index (χ3n) is 3.00. The SMILES string of the molecule is CN(CC(=O)Nc1ccc(Cl)c(Cl)c1)C(=O)c1cccc(Cl)c1. The first-order chi connectivity index (χ1) is 10.9. The molecule has 0 saturated heterocycles. The van der Waals surface area contributed by atoms with Crippen LogP contribution in [0.4, 0.5) is 5.69 Å². The van der Waals surface area contributed by atoms with Crippen molar-refractivity contribution in [2.75, 3.05) is 18.9 Å². The number of nitrogens with zero attached hydrogens (tertiary/aromatic N) is 1. The van der Waals surface area contributed by atoms with Crippen LogP contribution in [0.2, 0.25) is 15.1 Å². The van der Waals surface area contributed by atoms with E-state index in [-0.39, 0.29) is 18.4 Å². The zero-order valence-corrected chi connectivity index (χ0v) is 14.4. The van der Waals surface area contributed by atoms with Gasteiger partial charge in [0.05, 0.1) is 16.6 Å². The topological polar surface area (TPSA) is 49.4 Å². The van der Waals surface area contributed by atoms with E-state index in [1.807, 2.05) is 0 Å². The van der Waals surface area contributed by atoms with Gasteiger partial charge in [-0.2, -0.15) is 0 Å². The molecule has 0 atom stereocenters. The molecule has 23 heavy (non-hydrogen) atoms. The second-order valence-electron chi connectivity index (χ2n) is 4.85. The smallest absolute Gasteiger partial charge is 0.254 e. The van der Waals surface area contributed by atoms with E-state index in [4.69, 9.17) is 34.8 Å². The summed E-state index contributed by atoms with van der Waals surface area (Å²) < 4.78 is 0. The van der Waals surface area contributed by atoms with Gasteiger partial charge in [-0.3, -0.25) is 9.59 Å². The zero-order valence-electron chi connectivity index (χ0n) is 12.1. The lowest BCUT2D eigenvalue weighted by Crippen LogP contribution is -2.34. The van der Waals surface area contributed by atoms with Crippen LogP contribution in [0.15, 0.2) is 42.5 Å². The van der Waals surface area contributed by atoms with Gasteiger partial charge in [-0.05, 0) is 36.4 Å². The maximum absolute atomic E-state index is 12.2. The number of halogens is 3. The highest BCUT2D eigenvalue weighted by molar-refractivity contribution is 6.42. The summed E-state index contributed by atoms with van der Waals surface area (Å²) in [6.07, 6.45) is 0. The molecular formula is C16H13Cl3N2O2. The van der Waals surface area contributed by atoms with Crippen LogP contribution in [0.25, 0.3) is 0 Å². The van der Waals surface area contributed by atoms with Crippen LogP contribution in [0.1, 0.15) is 10.4 Å². The molecule has 0 unspecified atom stereocenters. The van der Waals surface area contributed by atoms with E-state index in [0.717, 1.165) is 0 Å². The molecule has 2 amide bonds. The van der Waals surface area contributed by atoms with Crippen molar-refractivity contribution >= 4 is 52.3 Å². The Morgan fingerprint density at radius 2 is 1.78 bits per heavy atom. The standard InChI is InChI=1S/C16H13Cl3N2O2/c1-21(16(23)10-3-2-4-11(17)7-10)9-15(22)20-12-5-6-13(18)14(19)8-12/h2-8H,9H2,1H3,(H,20,22). The van der Waals surface area contributed by atoms with Crippen molar-refractivity contribution in [1.29, 1.82) is 0 Å². The van der Waals surface area contributed by atoms with Crippen molar-refractivity contribution in [1.82, 2.24) is 4.90 Å². The second-order valence-corrected chi connectivity index (χ2v) is 6.10. The lowest BCUT2D eigenvalue weighted by molar-refractivity contribution is -0.116. The van der Waals surface area contributed by atoms with Crippen molar-refractivity contribution in [3.63, 3.8) is 0 Å². The van der Waals surface area contributed by atoms with E-state index in [1.54, 1.807) is 42.5 Å². The first-order valence-corrected chi connectivity index (χ1v) is 7.76. The molecule has 120 valence electrons. The average molecular weight is 372 g/mol. The Labute approximate surface area is 148 Å². The van der Waals surface area contributed by atoms with Crippen molar-refractivity contribution < 1.29 is 9.59 Å². The van der Waals surface area contributed by atoms with Gasteiger partial charge >= 0.3 is 0 Å². The van der Waals surface area contributed by atoms with E-state index in [0.29, 0.717) is 26.3 Å². The molecule has 0 fully saturated rings. The van der Waals surface area contributed by atoms with Crippen LogP contribution < -0.4 is 5.32 Å². The number of hydrogen-bond acceptors (Lipinski definition) is 2. The highest BCUT2D eigenvalue weighted by Gasteiger charge is 2.15. The van der Waals surface area contributed by atoms with Gasteiger partial charge < -0.3 is 10.2 Å². The second kappa shape index (κ2) is 7.68. The fourth-order valence-corrected chi connectivity index (χ4v) is 2.39. The summed E-state index contributed by atoms with van der Waals surface area (Å²) in [7, 11) is 1.54. The number of carbonyl (C=O) groups is 2. The van der Waals surface area contributed by atoms with Crippen molar-refractivity contribution in [3.05, 3.63) is 63.1 Å². The van der Waals surface area contributed by atoms with Crippen molar-refractivity contribution in [3.8, 4) is 0 Å². The highest BCUT2D eigenvalue weighted by atomic mass is 35.5. The van der Waals surface area contributed by atoms with Crippen LogP contribution in [0.3, 0.4) is 0 Å². The number of nitrogens with one attached hydrogen (secondary N) is 1. The van der Waals surface area contributed by atoms with E-state index in [1.165, 1.54) is 11.9 Å². The Morgan fingerprint density at radius 1 is 1.04 bits per heavy atom. The van der Waals surface area contributed by atoms with Gasteiger partial charge in [0.2, 0.25) is 5.91 Å². The van der Waals surface area contributed by atoms with Gasteiger partial charge in [-0.25, -0.2) is 0 Å².